The van der Waals surface area contributed by atoms with Crippen LogP contribution in [0, 0.1) is 0 Å². The van der Waals surface area contributed by atoms with Crippen LogP contribution in [0.2, 0.25) is 0 Å². The molecule has 1 fully saturated rings. The zero-order chi connectivity index (χ0) is 9.97. The van der Waals surface area contributed by atoms with Gasteiger partial charge in [0.05, 0.1) is 18.6 Å². The molecule has 1 aliphatic heterocycles. The fourth-order valence-corrected chi connectivity index (χ4v) is 1.75. The monoisotopic (exact) mass is 276 g/mol. The maximum atomic E-state index is 5.67. The molecule has 0 amide bonds. The van der Waals surface area contributed by atoms with Crippen LogP contribution in [0.3, 0.4) is 0 Å². The van der Waals surface area contributed by atoms with Crippen molar-refractivity contribution in [2.24, 2.45) is 0 Å². The minimum absolute atomic E-state index is 0.0188. The van der Waals surface area contributed by atoms with Gasteiger partial charge in [0.2, 0.25) is 0 Å². The van der Waals surface area contributed by atoms with Gasteiger partial charge in [-0.1, -0.05) is 28.1 Å². The molecule has 2 nitrogen and oxygen atoms in total. The number of alkyl halides is 1. The second kappa shape index (κ2) is 4.62. The predicted octanol–water partition coefficient (Wildman–Crippen LogP) is 3.10. The first-order chi connectivity index (χ1) is 6.79. The van der Waals surface area contributed by atoms with Crippen LogP contribution < -0.4 is 0 Å². The molecule has 1 saturated heterocycles. The van der Waals surface area contributed by atoms with E-state index < -0.39 is 0 Å². The summed E-state index contributed by atoms with van der Waals surface area (Å²) in [7, 11) is 0. The Kier molecular flexibility index (Phi) is 3.44. The van der Waals surface area contributed by atoms with E-state index in [1.807, 2.05) is 24.3 Å². The Hall–Kier alpha value is -0.0900. The lowest BCUT2D eigenvalue weighted by Crippen LogP contribution is -2.10. The Morgan fingerprint density at radius 1 is 1.36 bits per heavy atom. The Morgan fingerprint density at radius 3 is 2.64 bits per heavy atom. The molecule has 2 atom stereocenters. The predicted molar refractivity (Wildman–Crippen MR) is 58.4 cm³/mol. The van der Waals surface area contributed by atoms with Crippen LogP contribution in [0.5, 0.6) is 0 Å². The lowest BCUT2D eigenvalue weighted by Gasteiger charge is -2.10. The van der Waals surface area contributed by atoms with Gasteiger partial charge in [0, 0.05) is 10.0 Å². The third-order valence-electron chi connectivity index (χ3n) is 2.06. The molecule has 0 aliphatic carbocycles. The average Bonchev–Trinajstić information content (AvgIpc) is 2.67. The summed E-state index contributed by atoms with van der Waals surface area (Å²) >= 11 is 9.05. The minimum atomic E-state index is -0.258. The summed E-state index contributed by atoms with van der Waals surface area (Å²) in [6.07, 6.45) is -0.239. The van der Waals surface area contributed by atoms with E-state index in [2.05, 4.69) is 15.9 Å². The smallest absolute Gasteiger partial charge is 0.184 e. The van der Waals surface area contributed by atoms with Crippen molar-refractivity contribution in [1.29, 1.82) is 0 Å². The summed E-state index contributed by atoms with van der Waals surface area (Å²) in [5, 5.41) is 0. The third-order valence-corrected chi connectivity index (χ3v) is 2.94. The van der Waals surface area contributed by atoms with Crippen molar-refractivity contribution in [3.63, 3.8) is 0 Å². The van der Waals surface area contributed by atoms with Crippen molar-refractivity contribution in [3.8, 4) is 0 Å². The summed E-state index contributed by atoms with van der Waals surface area (Å²) in [5.41, 5.74) is 1.03. The number of hydrogen-bond donors (Lipinski definition) is 0. The molecule has 14 heavy (non-hydrogen) atoms. The van der Waals surface area contributed by atoms with Gasteiger partial charge in [0.15, 0.2) is 6.29 Å². The highest BCUT2D eigenvalue weighted by Crippen LogP contribution is 2.28. The van der Waals surface area contributed by atoms with E-state index in [9.17, 15) is 0 Å². The van der Waals surface area contributed by atoms with E-state index in [0.717, 1.165) is 10.0 Å². The molecule has 76 valence electrons. The van der Waals surface area contributed by atoms with E-state index in [4.69, 9.17) is 21.1 Å². The first-order valence-electron chi connectivity index (χ1n) is 4.38. The molecule has 0 N–H and O–H groups in total. The largest absolute Gasteiger partial charge is 0.346 e. The molecule has 1 heterocycles. The Bertz CT molecular complexity index is 301. The highest BCUT2D eigenvalue weighted by molar-refractivity contribution is 9.10. The van der Waals surface area contributed by atoms with Crippen LogP contribution in [0.1, 0.15) is 11.9 Å². The summed E-state index contributed by atoms with van der Waals surface area (Å²) in [6, 6.07) is 7.89. The van der Waals surface area contributed by atoms with Crippen LogP contribution in [0.15, 0.2) is 28.7 Å². The number of ether oxygens (including phenoxy) is 2. The lowest BCUT2D eigenvalue weighted by atomic mass is 10.2. The first kappa shape index (κ1) is 10.4. The van der Waals surface area contributed by atoms with Gasteiger partial charge >= 0.3 is 0 Å². The van der Waals surface area contributed by atoms with Gasteiger partial charge in [-0.2, -0.15) is 0 Å². The van der Waals surface area contributed by atoms with Crippen LogP contribution in [0.4, 0.5) is 0 Å². The molecule has 1 aliphatic rings. The zero-order valence-corrected chi connectivity index (χ0v) is 9.79. The second-order valence-corrected chi connectivity index (χ2v) is 4.35. The van der Waals surface area contributed by atoms with E-state index in [1.54, 1.807) is 0 Å². The number of halogens is 2. The van der Waals surface area contributed by atoms with Gasteiger partial charge in [-0.3, -0.25) is 0 Å². The van der Waals surface area contributed by atoms with Gasteiger partial charge < -0.3 is 9.47 Å². The topological polar surface area (TPSA) is 18.5 Å². The van der Waals surface area contributed by atoms with Gasteiger partial charge in [0.1, 0.15) is 0 Å². The molecule has 0 bridgehead atoms. The van der Waals surface area contributed by atoms with Crippen LogP contribution in [0.25, 0.3) is 0 Å². The van der Waals surface area contributed by atoms with Crippen LogP contribution in [-0.2, 0) is 9.47 Å². The Labute approximate surface area is 96.3 Å². The normalized spacial score (nSPS) is 26.7. The van der Waals surface area contributed by atoms with Crippen molar-refractivity contribution >= 4 is 27.5 Å². The summed E-state index contributed by atoms with van der Waals surface area (Å²) in [4.78, 5) is 0. The molecular weight excluding hydrogens is 267 g/mol. The molecular formula is C10H10BrClO2. The van der Waals surface area contributed by atoms with Crippen molar-refractivity contribution in [3.05, 3.63) is 34.3 Å². The number of hydrogen-bond acceptors (Lipinski definition) is 2. The molecule has 1 aromatic carbocycles. The summed E-state index contributed by atoms with van der Waals surface area (Å²) < 4.78 is 12.1. The van der Waals surface area contributed by atoms with Crippen molar-refractivity contribution in [2.75, 3.05) is 12.5 Å². The van der Waals surface area contributed by atoms with Gasteiger partial charge in [-0.15, -0.1) is 11.6 Å². The first-order valence-corrected chi connectivity index (χ1v) is 5.71. The maximum Gasteiger partial charge on any atom is 0.184 e. The maximum absolute atomic E-state index is 5.67. The van der Waals surface area contributed by atoms with Gasteiger partial charge in [0.25, 0.3) is 0 Å². The van der Waals surface area contributed by atoms with E-state index >= 15 is 0 Å². The van der Waals surface area contributed by atoms with Gasteiger partial charge in [-0.05, 0) is 12.1 Å². The zero-order valence-electron chi connectivity index (χ0n) is 7.45. The molecule has 4 heteroatoms. The molecule has 0 aromatic heterocycles. The average molecular weight is 278 g/mol. The molecule has 2 rings (SSSR count). The summed E-state index contributed by atoms with van der Waals surface area (Å²) in [6.45, 7) is 0.574. The molecule has 0 radical (unpaired) electrons. The quantitative estimate of drug-likeness (QED) is 0.773. The molecule has 0 saturated carbocycles. The summed E-state index contributed by atoms with van der Waals surface area (Å²) in [5.74, 6) is 0.479. The lowest BCUT2D eigenvalue weighted by molar-refractivity contribution is -0.0567. The highest BCUT2D eigenvalue weighted by Gasteiger charge is 2.26. The molecule has 0 spiro atoms. The van der Waals surface area contributed by atoms with Crippen LogP contribution in [-0.4, -0.2) is 18.6 Å². The van der Waals surface area contributed by atoms with E-state index in [-0.39, 0.29) is 12.4 Å². The number of benzene rings is 1. The molecule has 1 aromatic rings. The Morgan fingerprint density at radius 2 is 2.07 bits per heavy atom. The standard InChI is InChI=1S/C10H10BrClO2/c11-8-3-1-7(2-4-8)10-13-6-9(5-12)14-10/h1-4,9-10H,5-6H2/t9-,10-/m1/s1. The van der Waals surface area contributed by atoms with Crippen molar-refractivity contribution < 1.29 is 9.47 Å². The molecule has 0 unspecified atom stereocenters. The Balaban J connectivity index is 2.06. The number of rotatable bonds is 2. The highest BCUT2D eigenvalue weighted by atomic mass is 79.9. The fraction of sp³-hybridized carbons (Fsp3) is 0.400. The SMILES string of the molecule is ClC[C@@H]1CO[C@@H](c2ccc(Br)cc2)O1. The van der Waals surface area contributed by atoms with E-state index in [1.165, 1.54) is 0 Å². The van der Waals surface area contributed by atoms with Crippen LogP contribution >= 0.6 is 27.5 Å². The fourth-order valence-electron chi connectivity index (χ4n) is 1.32. The minimum Gasteiger partial charge on any atom is -0.346 e. The van der Waals surface area contributed by atoms with Gasteiger partial charge in [-0.25, -0.2) is 0 Å². The van der Waals surface area contributed by atoms with E-state index in [0.29, 0.717) is 12.5 Å². The third kappa shape index (κ3) is 2.28. The van der Waals surface area contributed by atoms with Crippen molar-refractivity contribution in [2.45, 2.75) is 12.4 Å². The second-order valence-electron chi connectivity index (χ2n) is 3.13. The van der Waals surface area contributed by atoms with Crippen molar-refractivity contribution in [1.82, 2.24) is 0 Å².